The van der Waals surface area contributed by atoms with Gasteiger partial charge in [-0.05, 0) is 52.4 Å². The van der Waals surface area contributed by atoms with Gasteiger partial charge in [0.05, 0.1) is 11.8 Å². The van der Waals surface area contributed by atoms with Crippen molar-refractivity contribution in [3.8, 4) is 0 Å². The molecule has 0 bridgehead atoms. The molecule has 1 aromatic rings. The van der Waals surface area contributed by atoms with Crippen molar-refractivity contribution in [2.24, 2.45) is 0 Å². The lowest BCUT2D eigenvalue weighted by molar-refractivity contribution is 0.101. The Hall–Kier alpha value is -0.870. The molecule has 112 valence electrons. The van der Waals surface area contributed by atoms with Crippen molar-refractivity contribution in [3.63, 3.8) is 0 Å². The lowest BCUT2D eigenvalue weighted by atomic mass is 10.1. The fraction of sp³-hybridized carbons (Fsp3) is 0.812. The van der Waals surface area contributed by atoms with E-state index < -0.39 is 0 Å². The molecule has 1 aliphatic carbocycles. The van der Waals surface area contributed by atoms with E-state index in [1.54, 1.807) is 0 Å². The van der Waals surface area contributed by atoms with E-state index in [-0.39, 0.29) is 0 Å². The summed E-state index contributed by atoms with van der Waals surface area (Å²) >= 11 is 0. The summed E-state index contributed by atoms with van der Waals surface area (Å²) in [5.74, 6) is 0. The van der Waals surface area contributed by atoms with E-state index in [0.717, 1.165) is 25.7 Å². The second-order valence-electron chi connectivity index (χ2n) is 6.30. The van der Waals surface area contributed by atoms with E-state index >= 15 is 0 Å². The number of rotatable bonds is 7. The quantitative estimate of drug-likeness (QED) is 0.833. The Bertz CT molecular complexity index is 445. The Balaban J connectivity index is 1.51. The molecule has 0 aromatic carbocycles. The smallest absolute Gasteiger partial charge is 0.0641 e. The molecule has 1 atom stereocenters. The van der Waals surface area contributed by atoms with Gasteiger partial charge < -0.3 is 10.1 Å². The van der Waals surface area contributed by atoms with Gasteiger partial charge in [-0.15, -0.1) is 0 Å². The molecule has 4 heteroatoms. The molecule has 2 heterocycles. The second-order valence-corrected chi connectivity index (χ2v) is 6.30. The van der Waals surface area contributed by atoms with Crippen molar-refractivity contribution in [2.45, 2.75) is 77.6 Å². The topological polar surface area (TPSA) is 39.1 Å². The number of hydrogen-bond donors (Lipinski definition) is 1. The van der Waals surface area contributed by atoms with Crippen LogP contribution in [0, 0.1) is 13.8 Å². The Labute approximate surface area is 121 Å². The van der Waals surface area contributed by atoms with E-state index in [9.17, 15) is 0 Å². The molecule has 1 aliphatic heterocycles. The molecule has 3 rings (SSSR count). The van der Waals surface area contributed by atoms with Gasteiger partial charge in [-0.25, -0.2) is 0 Å². The monoisotopic (exact) mass is 277 g/mol. The summed E-state index contributed by atoms with van der Waals surface area (Å²) in [5, 5.41) is 8.30. The predicted octanol–water partition coefficient (Wildman–Crippen LogP) is 2.71. The molecule has 0 radical (unpaired) electrons. The molecule has 4 nitrogen and oxygen atoms in total. The Morgan fingerprint density at radius 1 is 1.30 bits per heavy atom. The van der Waals surface area contributed by atoms with Crippen LogP contribution in [-0.2, 0) is 17.8 Å². The van der Waals surface area contributed by atoms with Crippen LogP contribution in [0.1, 0.15) is 55.5 Å². The molecule has 2 aliphatic rings. The van der Waals surface area contributed by atoms with E-state index in [1.807, 2.05) is 0 Å². The van der Waals surface area contributed by atoms with Crippen LogP contribution in [0.4, 0.5) is 0 Å². The molecule has 1 unspecified atom stereocenters. The zero-order valence-corrected chi connectivity index (χ0v) is 12.8. The van der Waals surface area contributed by atoms with Crippen molar-refractivity contribution in [1.29, 1.82) is 0 Å². The fourth-order valence-electron chi connectivity index (χ4n) is 3.08. The summed E-state index contributed by atoms with van der Waals surface area (Å²) in [6.45, 7) is 7.30. The number of hydrogen-bond acceptors (Lipinski definition) is 3. The van der Waals surface area contributed by atoms with Crippen molar-refractivity contribution in [1.82, 2.24) is 15.1 Å². The molecule has 2 fully saturated rings. The van der Waals surface area contributed by atoms with Crippen molar-refractivity contribution in [3.05, 3.63) is 17.0 Å². The SMILES string of the molecule is Cc1nn(CCCC2CCCO2)c(C)c1CNC1CC1. The van der Waals surface area contributed by atoms with E-state index in [4.69, 9.17) is 9.84 Å². The summed E-state index contributed by atoms with van der Waals surface area (Å²) in [6, 6.07) is 0.761. The fourth-order valence-corrected chi connectivity index (χ4v) is 3.08. The van der Waals surface area contributed by atoms with Crippen molar-refractivity contribution < 1.29 is 4.74 Å². The van der Waals surface area contributed by atoms with E-state index in [2.05, 4.69) is 23.8 Å². The number of nitrogens with one attached hydrogen (secondary N) is 1. The van der Waals surface area contributed by atoms with Crippen LogP contribution in [-0.4, -0.2) is 28.5 Å². The highest BCUT2D eigenvalue weighted by molar-refractivity contribution is 5.24. The van der Waals surface area contributed by atoms with Gasteiger partial charge in [0, 0.05) is 37.0 Å². The Kier molecular flexibility index (Phi) is 4.41. The minimum absolute atomic E-state index is 0.503. The number of aryl methyl sites for hydroxylation is 2. The van der Waals surface area contributed by atoms with Crippen LogP contribution in [0.2, 0.25) is 0 Å². The van der Waals surface area contributed by atoms with Gasteiger partial charge >= 0.3 is 0 Å². The van der Waals surface area contributed by atoms with Crippen LogP contribution in [0.25, 0.3) is 0 Å². The number of ether oxygens (including phenoxy) is 1. The maximum absolute atomic E-state index is 5.68. The highest BCUT2D eigenvalue weighted by Gasteiger charge is 2.22. The summed E-state index contributed by atoms with van der Waals surface area (Å²) in [7, 11) is 0. The first-order valence-corrected chi connectivity index (χ1v) is 8.12. The molecule has 0 spiro atoms. The Morgan fingerprint density at radius 2 is 2.15 bits per heavy atom. The van der Waals surface area contributed by atoms with Crippen LogP contribution < -0.4 is 5.32 Å². The van der Waals surface area contributed by atoms with Gasteiger partial charge in [-0.1, -0.05) is 0 Å². The summed E-state index contributed by atoms with van der Waals surface area (Å²) in [6.07, 6.45) is 8.01. The van der Waals surface area contributed by atoms with Gasteiger partial charge in [-0.3, -0.25) is 4.68 Å². The summed E-state index contributed by atoms with van der Waals surface area (Å²) < 4.78 is 7.87. The molecule has 1 saturated heterocycles. The first kappa shape index (κ1) is 14.1. The summed E-state index contributed by atoms with van der Waals surface area (Å²) in [4.78, 5) is 0. The van der Waals surface area contributed by atoms with Gasteiger partial charge in [0.1, 0.15) is 0 Å². The molecule has 1 aromatic heterocycles. The third-order valence-electron chi connectivity index (χ3n) is 4.60. The zero-order chi connectivity index (χ0) is 13.9. The van der Waals surface area contributed by atoms with Crippen LogP contribution in [0.5, 0.6) is 0 Å². The lowest BCUT2D eigenvalue weighted by Crippen LogP contribution is -2.16. The number of aromatic nitrogens is 2. The van der Waals surface area contributed by atoms with Crippen molar-refractivity contribution >= 4 is 0 Å². The van der Waals surface area contributed by atoms with Gasteiger partial charge in [0.25, 0.3) is 0 Å². The number of nitrogens with zero attached hydrogens (tertiary/aromatic N) is 2. The normalized spacial score (nSPS) is 22.6. The maximum atomic E-state index is 5.68. The van der Waals surface area contributed by atoms with Gasteiger partial charge in [0.2, 0.25) is 0 Å². The molecular formula is C16H27N3O. The largest absolute Gasteiger partial charge is 0.378 e. The molecule has 20 heavy (non-hydrogen) atoms. The predicted molar refractivity (Wildman–Crippen MR) is 79.8 cm³/mol. The average Bonchev–Trinajstić information content (AvgIpc) is 3.04. The van der Waals surface area contributed by atoms with Crippen LogP contribution >= 0.6 is 0 Å². The standard InChI is InChI=1S/C16H27N3O/c1-12-16(11-17-14-7-8-14)13(2)19(18-12)9-3-5-15-6-4-10-20-15/h14-15,17H,3-11H2,1-2H3. The lowest BCUT2D eigenvalue weighted by Gasteiger charge is -2.10. The van der Waals surface area contributed by atoms with Gasteiger partial charge in [-0.2, -0.15) is 5.10 Å². The maximum Gasteiger partial charge on any atom is 0.0641 e. The highest BCUT2D eigenvalue weighted by atomic mass is 16.5. The van der Waals surface area contributed by atoms with Crippen LogP contribution in [0.3, 0.4) is 0 Å². The minimum atomic E-state index is 0.503. The first-order chi connectivity index (χ1) is 9.74. The molecular weight excluding hydrogens is 250 g/mol. The minimum Gasteiger partial charge on any atom is -0.378 e. The van der Waals surface area contributed by atoms with Gasteiger partial charge in [0.15, 0.2) is 0 Å². The van der Waals surface area contributed by atoms with E-state index in [1.165, 1.54) is 55.5 Å². The first-order valence-electron chi connectivity index (χ1n) is 8.12. The second kappa shape index (κ2) is 6.27. The van der Waals surface area contributed by atoms with Crippen LogP contribution in [0.15, 0.2) is 0 Å². The van der Waals surface area contributed by atoms with E-state index in [0.29, 0.717) is 6.10 Å². The third-order valence-corrected chi connectivity index (χ3v) is 4.60. The molecule has 1 N–H and O–H groups in total. The van der Waals surface area contributed by atoms with Crippen molar-refractivity contribution in [2.75, 3.05) is 6.61 Å². The molecule has 1 saturated carbocycles. The highest BCUT2D eigenvalue weighted by Crippen LogP contribution is 2.21. The molecule has 0 amide bonds. The summed E-state index contributed by atoms with van der Waals surface area (Å²) in [5.41, 5.74) is 3.92. The third kappa shape index (κ3) is 3.41. The zero-order valence-electron chi connectivity index (χ0n) is 12.8. The average molecular weight is 277 g/mol. The Morgan fingerprint density at radius 3 is 2.85 bits per heavy atom.